The van der Waals surface area contributed by atoms with Crippen molar-refractivity contribution in [1.29, 1.82) is 0 Å². The number of nitrogens with zero attached hydrogens (tertiary/aromatic N) is 1. The predicted octanol–water partition coefficient (Wildman–Crippen LogP) is 0.464. The van der Waals surface area contributed by atoms with E-state index >= 15 is 0 Å². The zero-order chi connectivity index (χ0) is 8.27. The van der Waals surface area contributed by atoms with Gasteiger partial charge in [0.05, 0.1) is 0 Å². The van der Waals surface area contributed by atoms with Gasteiger partial charge in [0.15, 0.2) is 5.84 Å². The number of rotatable bonds is 1. The second-order valence-corrected chi connectivity index (χ2v) is 2.61. The molecule has 1 unspecified atom stereocenters. The van der Waals surface area contributed by atoms with Crippen LogP contribution in [0.15, 0.2) is 5.16 Å². The van der Waals surface area contributed by atoms with Crippen LogP contribution in [-0.4, -0.2) is 23.7 Å². The van der Waals surface area contributed by atoms with Crippen molar-refractivity contribution in [3.05, 3.63) is 0 Å². The van der Waals surface area contributed by atoms with Crippen molar-refractivity contribution in [3.63, 3.8) is 0 Å². The van der Waals surface area contributed by atoms with Gasteiger partial charge in [0, 0.05) is 6.42 Å². The van der Waals surface area contributed by atoms with Gasteiger partial charge in [0.25, 0.3) is 0 Å². The summed E-state index contributed by atoms with van der Waals surface area (Å²) in [6.07, 6.45) is 0.698. The van der Waals surface area contributed by atoms with Crippen LogP contribution in [0.5, 0.6) is 0 Å². The minimum atomic E-state index is -0.247. The van der Waals surface area contributed by atoms with Gasteiger partial charge < -0.3 is 10.2 Å². The SMILES string of the molecule is CC1CC(NC(=O)CCl)=NO1. The maximum Gasteiger partial charge on any atom is 0.240 e. The molecule has 0 aromatic heterocycles. The van der Waals surface area contributed by atoms with Crippen molar-refractivity contribution >= 4 is 23.3 Å². The van der Waals surface area contributed by atoms with E-state index in [1.54, 1.807) is 0 Å². The van der Waals surface area contributed by atoms with Crippen molar-refractivity contribution < 1.29 is 9.63 Å². The first-order chi connectivity index (χ1) is 5.22. The van der Waals surface area contributed by atoms with E-state index in [0.717, 1.165) is 0 Å². The van der Waals surface area contributed by atoms with E-state index in [1.807, 2.05) is 6.92 Å². The fourth-order valence-corrected chi connectivity index (χ4v) is 0.835. The van der Waals surface area contributed by atoms with Crippen LogP contribution < -0.4 is 5.32 Å². The Balaban J connectivity index is 2.33. The third-order valence-corrected chi connectivity index (χ3v) is 1.47. The average Bonchev–Trinajstić information content (AvgIpc) is 2.35. The molecular weight excluding hydrogens is 168 g/mol. The lowest BCUT2D eigenvalue weighted by atomic mass is 10.3. The lowest BCUT2D eigenvalue weighted by Gasteiger charge is -1.98. The smallest absolute Gasteiger partial charge is 0.240 e. The summed E-state index contributed by atoms with van der Waals surface area (Å²) < 4.78 is 0. The third-order valence-electron chi connectivity index (χ3n) is 1.23. The van der Waals surface area contributed by atoms with Gasteiger partial charge in [-0.25, -0.2) is 0 Å². The summed E-state index contributed by atoms with van der Waals surface area (Å²) in [4.78, 5) is 15.5. The highest BCUT2D eigenvalue weighted by molar-refractivity contribution is 6.28. The Kier molecular flexibility index (Phi) is 2.70. The zero-order valence-corrected chi connectivity index (χ0v) is 6.89. The maximum atomic E-state index is 10.7. The highest BCUT2D eigenvalue weighted by atomic mass is 35.5. The molecule has 11 heavy (non-hydrogen) atoms. The van der Waals surface area contributed by atoms with Gasteiger partial charge in [-0.3, -0.25) is 4.79 Å². The Morgan fingerprint density at radius 1 is 2.00 bits per heavy atom. The number of nitrogens with one attached hydrogen (secondary N) is 1. The van der Waals surface area contributed by atoms with Crippen LogP contribution in [0.3, 0.4) is 0 Å². The molecule has 0 aliphatic carbocycles. The Hall–Kier alpha value is -0.770. The van der Waals surface area contributed by atoms with Crippen LogP contribution in [0.25, 0.3) is 0 Å². The number of hydrogen-bond acceptors (Lipinski definition) is 3. The van der Waals surface area contributed by atoms with Crippen molar-refractivity contribution in [1.82, 2.24) is 5.32 Å². The van der Waals surface area contributed by atoms with Crippen molar-refractivity contribution in [2.24, 2.45) is 5.16 Å². The number of alkyl halides is 1. The molecule has 1 aliphatic rings. The minimum Gasteiger partial charge on any atom is -0.391 e. The molecule has 5 heteroatoms. The number of carbonyl (C=O) groups excluding carboxylic acids is 1. The van der Waals surface area contributed by atoms with Crippen LogP contribution in [-0.2, 0) is 9.63 Å². The van der Waals surface area contributed by atoms with E-state index in [-0.39, 0.29) is 17.9 Å². The first-order valence-corrected chi connectivity index (χ1v) is 3.84. The van der Waals surface area contributed by atoms with Crippen molar-refractivity contribution in [2.75, 3.05) is 5.88 Å². The first-order valence-electron chi connectivity index (χ1n) is 3.31. The monoisotopic (exact) mass is 176 g/mol. The summed E-state index contributed by atoms with van der Waals surface area (Å²) in [6.45, 7) is 1.88. The largest absolute Gasteiger partial charge is 0.391 e. The van der Waals surface area contributed by atoms with E-state index in [0.29, 0.717) is 12.3 Å². The molecule has 0 saturated carbocycles. The van der Waals surface area contributed by atoms with Gasteiger partial charge in [-0.2, -0.15) is 0 Å². The molecule has 1 heterocycles. The number of halogens is 1. The fraction of sp³-hybridized carbons (Fsp3) is 0.667. The molecule has 0 spiro atoms. The summed E-state index contributed by atoms with van der Waals surface area (Å²) in [5, 5.41) is 6.14. The molecule has 0 saturated heterocycles. The molecule has 0 radical (unpaired) electrons. The Morgan fingerprint density at radius 2 is 2.73 bits per heavy atom. The van der Waals surface area contributed by atoms with Gasteiger partial charge in [0.1, 0.15) is 12.0 Å². The molecule has 0 fully saturated rings. The molecule has 1 N–H and O–H groups in total. The highest BCUT2D eigenvalue weighted by Gasteiger charge is 2.17. The van der Waals surface area contributed by atoms with Crippen molar-refractivity contribution in [2.45, 2.75) is 19.4 Å². The van der Waals surface area contributed by atoms with E-state index in [4.69, 9.17) is 16.4 Å². The quantitative estimate of drug-likeness (QED) is 0.591. The number of oxime groups is 1. The second kappa shape index (κ2) is 3.57. The van der Waals surface area contributed by atoms with Gasteiger partial charge >= 0.3 is 0 Å². The molecular formula is C6H9ClN2O2. The van der Waals surface area contributed by atoms with E-state index < -0.39 is 0 Å². The minimum absolute atomic E-state index is 0.0482. The van der Waals surface area contributed by atoms with Crippen LogP contribution in [0.4, 0.5) is 0 Å². The van der Waals surface area contributed by atoms with Gasteiger partial charge in [-0.15, -0.1) is 11.6 Å². The standard InChI is InChI=1S/C6H9ClN2O2/c1-4-2-5(9-11-4)8-6(10)3-7/h4H,2-3H2,1H3,(H,8,9,10). The lowest BCUT2D eigenvalue weighted by Crippen LogP contribution is -2.30. The molecule has 0 aromatic carbocycles. The first kappa shape index (κ1) is 8.33. The highest BCUT2D eigenvalue weighted by Crippen LogP contribution is 2.06. The maximum absolute atomic E-state index is 10.7. The Morgan fingerprint density at radius 3 is 3.18 bits per heavy atom. The lowest BCUT2D eigenvalue weighted by molar-refractivity contribution is -0.117. The molecule has 1 atom stereocenters. The molecule has 0 bridgehead atoms. The third kappa shape index (κ3) is 2.38. The van der Waals surface area contributed by atoms with Crippen LogP contribution in [0, 0.1) is 0 Å². The molecule has 62 valence electrons. The predicted molar refractivity (Wildman–Crippen MR) is 41.5 cm³/mol. The summed E-state index contributed by atoms with van der Waals surface area (Å²) >= 11 is 5.26. The fourth-order valence-electron chi connectivity index (χ4n) is 0.769. The normalized spacial score (nSPS) is 22.4. The summed E-state index contributed by atoms with van der Waals surface area (Å²) in [5.41, 5.74) is 0. The van der Waals surface area contributed by atoms with E-state index in [9.17, 15) is 4.79 Å². The number of amidine groups is 1. The topological polar surface area (TPSA) is 50.7 Å². The zero-order valence-electron chi connectivity index (χ0n) is 6.13. The number of amides is 1. The number of hydrogen-bond donors (Lipinski definition) is 1. The number of carbonyl (C=O) groups is 1. The van der Waals surface area contributed by atoms with Gasteiger partial charge in [0.2, 0.25) is 5.91 Å². The Labute approximate surface area is 69.5 Å². The van der Waals surface area contributed by atoms with E-state index in [2.05, 4.69) is 10.5 Å². The molecule has 1 rings (SSSR count). The molecule has 4 nitrogen and oxygen atoms in total. The molecule has 1 amide bonds. The second-order valence-electron chi connectivity index (χ2n) is 2.34. The summed E-state index contributed by atoms with van der Waals surface area (Å²) in [6, 6.07) is 0. The summed E-state index contributed by atoms with van der Waals surface area (Å²) in [5.74, 6) is 0.263. The Bertz CT molecular complexity index is 193. The van der Waals surface area contributed by atoms with Crippen molar-refractivity contribution in [3.8, 4) is 0 Å². The average molecular weight is 177 g/mol. The molecule has 0 aromatic rings. The van der Waals surface area contributed by atoms with Crippen LogP contribution >= 0.6 is 11.6 Å². The van der Waals surface area contributed by atoms with Gasteiger partial charge in [-0.1, -0.05) is 5.16 Å². The molecule has 1 aliphatic heterocycles. The summed E-state index contributed by atoms with van der Waals surface area (Å²) in [7, 11) is 0. The van der Waals surface area contributed by atoms with E-state index in [1.165, 1.54) is 0 Å². The van der Waals surface area contributed by atoms with Crippen LogP contribution in [0.2, 0.25) is 0 Å². The van der Waals surface area contributed by atoms with Gasteiger partial charge in [-0.05, 0) is 6.92 Å². The van der Waals surface area contributed by atoms with Crippen LogP contribution in [0.1, 0.15) is 13.3 Å².